The van der Waals surface area contributed by atoms with E-state index in [0.717, 1.165) is 6.20 Å². The molecule has 3 N–H and O–H groups in total. The number of aliphatic hydroxyl groups is 1. The molecule has 22 heavy (non-hydrogen) atoms. The number of hydrogen-bond donors (Lipinski definition) is 3. The first-order valence-electron chi connectivity index (χ1n) is 6.50. The van der Waals surface area contributed by atoms with E-state index in [4.69, 9.17) is 5.11 Å². The van der Waals surface area contributed by atoms with E-state index in [2.05, 4.69) is 10.6 Å². The number of aromatic nitrogens is 1. The van der Waals surface area contributed by atoms with Crippen molar-refractivity contribution in [3.05, 3.63) is 28.7 Å². The second-order valence-corrected chi connectivity index (χ2v) is 5.41. The van der Waals surface area contributed by atoms with E-state index in [1.54, 1.807) is 13.8 Å². The van der Waals surface area contributed by atoms with Crippen LogP contribution < -0.4 is 16.2 Å². The fourth-order valence-corrected chi connectivity index (χ4v) is 1.75. The zero-order chi connectivity index (χ0) is 17.0. The number of nitrogens with one attached hydrogen (secondary N) is 2. The van der Waals surface area contributed by atoms with Gasteiger partial charge in [0, 0.05) is 18.3 Å². The Hall–Kier alpha value is -2.03. The first-order chi connectivity index (χ1) is 10.0. The molecule has 0 aliphatic heterocycles. The Balaban J connectivity index is 2.84. The van der Waals surface area contributed by atoms with Crippen molar-refractivity contribution in [3.8, 4) is 0 Å². The maximum absolute atomic E-state index is 12.3. The maximum atomic E-state index is 12.3. The van der Waals surface area contributed by atoms with E-state index in [-0.39, 0.29) is 18.7 Å². The molecule has 0 atom stereocenters. The van der Waals surface area contributed by atoms with Crippen molar-refractivity contribution < 1.29 is 23.1 Å². The minimum absolute atomic E-state index is 0.142. The molecule has 0 radical (unpaired) electrons. The Bertz CT molecular complexity index is 582. The molecule has 0 saturated carbocycles. The van der Waals surface area contributed by atoms with Crippen LogP contribution in [-0.4, -0.2) is 34.0 Å². The first-order valence-corrected chi connectivity index (χ1v) is 6.50. The lowest BCUT2D eigenvalue weighted by Gasteiger charge is -2.25. The van der Waals surface area contributed by atoms with Gasteiger partial charge in [-0.1, -0.05) is 0 Å². The predicted molar refractivity (Wildman–Crippen MR) is 74.7 cm³/mol. The number of aliphatic hydroxyl groups excluding tert-OH is 1. The van der Waals surface area contributed by atoms with Crippen LogP contribution in [0.4, 0.5) is 23.7 Å². The van der Waals surface area contributed by atoms with Gasteiger partial charge in [0.2, 0.25) is 0 Å². The van der Waals surface area contributed by atoms with Crippen molar-refractivity contribution in [2.45, 2.75) is 38.5 Å². The molecule has 124 valence electrons. The quantitative estimate of drug-likeness (QED) is 0.772. The van der Waals surface area contributed by atoms with Gasteiger partial charge in [-0.2, -0.15) is 13.2 Å². The second-order valence-electron chi connectivity index (χ2n) is 5.41. The molecule has 0 fully saturated rings. The second kappa shape index (κ2) is 6.82. The van der Waals surface area contributed by atoms with Crippen LogP contribution in [0.5, 0.6) is 0 Å². The standard InChI is InChI=1S/C13H18F3N3O3/c1-12(2,5-7-20)18-11(22)17-9-4-3-6-19(10(9)21)8-13(14,15)16/h3-4,6,20H,5,7-8H2,1-2H3,(H2,17,18,22). The lowest BCUT2D eigenvalue weighted by molar-refractivity contribution is -0.141. The number of anilines is 1. The number of carbonyl (C=O) groups excluding carboxylic acids is 1. The average Bonchev–Trinajstić information content (AvgIpc) is 2.31. The topological polar surface area (TPSA) is 83.4 Å². The van der Waals surface area contributed by atoms with Crippen LogP contribution in [0.1, 0.15) is 20.3 Å². The molecule has 0 unspecified atom stereocenters. The molecule has 1 aromatic rings. The third kappa shape index (κ3) is 5.76. The average molecular weight is 321 g/mol. The summed E-state index contributed by atoms with van der Waals surface area (Å²) in [6.45, 7) is 1.75. The summed E-state index contributed by atoms with van der Waals surface area (Å²) >= 11 is 0. The molecular weight excluding hydrogens is 303 g/mol. The summed E-state index contributed by atoms with van der Waals surface area (Å²) in [5.74, 6) is 0. The van der Waals surface area contributed by atoms with E-state index in [9.17, 15) is 22.8 Å². The van der Waals surface area contributed by atoms with Crippen molar-refractivity contribution in [2.24, 2.45) is 0 Å². The fraction of sp³-hybridized carbons (Fsp3) is 0.538. The van der Waals surface area contributed by atoms with Crippen LogP contribution in [0.3, 0.4) is 0 Å². The van der Waals surface area contributed by atoms with Gasteiger partial charge >= 0.3 is 12.2 Å². The van der Waals surface area contributed by atoms with Gasteiger partial charge in [-0.25, -0.2) is 4.79 Å². The van der Waals surface area contributed by atoms with E-state index in [1.165, 1.54) is 12.1 Å². The number of halogens is 3. The minimum Gasteiger partial charge on any atom is -0.396 e. The minimum atomic E-state index is -4.53. The number of amides is 2. The molecule has 0 aromatic carbocycles. The Kier molecular flexibility index (Phi) is 5.59. The van der Waals surface area contributed by atoms with Crippen LogP contribution in [0.2, 0.25) is 0 Å². The van der Waals surface area contributed by atoms with E-state index < -0.39 is 29.9 Å². The molecule has 0 spiro atoms. The summed E-state index contributed by atoms with van der Waals surface area (Å²) in [6, 6.07) is 1.72. The van der Waals surface area contributed by atoms with Gasteiger partial charge in [-0.15, -0.1) is 0 Å². The molecule has 0 aliphatic rings. The fourth-order valence-electron chi connectivity index (χ4n) is 1.75. The van der Waals surface area contributed by atoms with E-state index >= 15 is 0 Å². The smallest absolute Gasteiger partial charge is 0.396 e. The molecule has 0 saturated heterocycles. The number of pyridine rings is 1. The highest BCUT2D eigenvalue weighted by atomic mass is 19.4. The van der Waals surface area contributed by atoms with Crippen molar-refractivity contribution in [2.75, 3.05) is 11.9 Å². The summed E-state index contributed by atoms with van der Waals surface area (Å²) in [7, 11) is 0. The number of rotatable bonds is 5. The monoisotopic (exact) mass is 321 g/mol. The van der Waals surface area contributed by atoms with Gasteiger partial charge < -0.3 is 20.3 Å². The van der Waals surface area contributed by atoms with Crippen LogP contribution in [-0.2, 0) is 6.54 Å². The molecule has 0 bridgehead atoms. The zero-order valence-electron chi connectivity index (χ0n) is 12.2. The van der Waals surface area contributed by atoms with Crippen molar-refractivity contribution in [1.82, 2.24) is 9.88 Å². The number of carbonyl (C=O) groups is 1. The Morgan fingerprint density at radius 3 is 2.55 bits per heavy atom. The number of nitrogens with zero attached hydrogens (tertiary/aromatic N) is 1. The van der Waals surface area contributed by atoms with Gasteiger partial charge in [-0.05, 0) is 32.4 Å². The van der Waals surface area contributed by atoms with Crippen LogP contribution in [0.25, 0.3) is 0 Å². The molecule has 1 rings (SSSR count). The largest absolute Gasteiger partial charge is 0.406 e. The highest BCUT2D eigenvalue weighted by Gasteiger charge is 2.28. The van der Waals surface area contributed by atoms with E-state index in [0.29, 0.717) is 4.57 Å². The molecule has 0 aliphatic carbocycles. The highest BCUT2D eigenvalue weighted by molar-refractivity contribution is 5.89. The summed E-state index contributed by atoms with van der Waals surface area (Å²) in [5.41, 5.74) is -1.93. The van der Waals surface area contributed by atoms with Gasteiger partial charge in [0.15, 0.2) is 0 Å². The molecule has 9 heteroatoms. The van der Waals surface area contributed by atoms with Crippen molar-refractivity contribution in [1.29, 1.82) is 0 Å². The molecule has 1 heterocycles. The SMILES string of the molecule is CC(C)(CCO)NC(=O)Nc1cccn(CC(F)(F)F)c1=O. The lowest BCUT2D eigenvalue weighted by atomic mass is 10.0. The maximum Gasteiger partial charge on any atom is 0.406 e. The third-order valence-corrected chi connectivity index (χ3v) is 2.81. The molecule has 6 nitrogen and oxygen atoms in total. The Morgan fingerprint density at radius 1 is 1.36 bits per heavy atom. The van der Waals surface area contributed by atoms with Crippen molar-refractivity contribution >= 4 is 11.7 Å². The Labute approximate surface area is 124 Å². The lowest BCUT2D eigenvalue weighted by Crippen LogP contribution is -2.46. The van der Waals surface area contributed by atoms with Gasteiger partial charge in [-0.3, -0.25) is 4.79 Å². The van der Waals surface area contributed by atoms with Gasteiger partial charge in [0.1, 0.15) is 12.2 Å². The molecule has 2 amide bonds. The Morgan fingerprint density at radius 2 is 2.00 bits per heavy atom. The summed E-state index contributed by atoms with van der Waals surface area (Å²) in [4.78, 5) is 23.6. The highest BCUT2D eigenvalue weighted by Crippen LogP contribution is 2.16. The van der Waals surface area contributed by atoms with Crippen LogP contribution >= 0.6 is 0 Å². The number of urea groups is 1. The molecule has 1 aromatic heterocycles. The summed E-state index contributed by atoms with van der Waals surface area (Å²) < 4.78 is 37.5. The first kappa shape index (κ1) is 18.0. The zero-order valence-corrected chi connectivity index (χ0v) is 12.2. The van der Waals surface area contributed by atoms with E-state index in [1.807, 2.05) is 0 Å². The van der Waals surface area contributed by atoms with Crippen LogP contribution in [0.15, 0.2) is 23.1 Å². The number of hydrogen-bond acceptors (Lipinski definition) is 3. The van der Waals surface area contributed by atoms with Crippen molar-refractivity contribution in [3.63, 3.8) is 0 Å². The van der Waals surface area contributed by atoms with Gasteiger partial charge in [0.25, 0.3) is 5.56 Å². The normalized spacial score (nSPS) is 12.1. The molecular formula is C13H18F3N3O3. The summed E-state index contributed by atoms with van der Waals surface area (Å²) in [5, 5.41) is 13.6. The summed E-state index contributed by atoms with van der Waals surface area (Å²) in [6.07, 6.45) is -3.25. The van der Waals surface area contributed by atoms with Crippen LogP contribution in [0, 0.1) is 0 Å². The third-order valence-electron chi connectivity index (χ3n) is 2.81. The number of alkyl halides is 3. The predicted octanol–water partition coefficient (Wildman–Crippen LogP) is 1.69. The van der Waals surface area contributed by atoms with Gasteiger partial charge in [0.05, 0.1) is 0 Å².